The summed E-state index contributed by atoms with van der Waals surface area (Å²) in [5.74, 6) is -0.240. The quantitative estimate of drug-likeness (QED) is 0.922. The second-order valence-corrected chi connectivity index (χ2v) is 6.11. The van der Waals surface area contributed by atoms with Gasteiger partial charge in [0.25, 0.3) is 0 Å². The zero-order valence-electron chi connectivity index (χ0n) is 13.2. The van der Waals surface area contributed by atoms with Crippen molar-refractivity contribution in [3.05, 3.63) is 64.9 Å². The highest BCUT2D eigenvalue weighted by molar-refractivity contribution is 6.31. The van der Waals surface area contributed by atoms with Gasteiger partial charge in [-0.3, -0.25) is 0 Å². The van der Waals surface area contributed by atoms with E-state index in [0.717, 1.165) is 24.3 Å². The summed E-state index contributed by atoms with van der Waals surface area (Å²) in [5, 5.41) is 3.56. The molecule has 6 heteroatoms. The van der Waals surface area contributed by atoms with E-state index in [1.54, 1.807) is 17.0 Å². The molecule has 2 amide bonds. The Morgan fingerprint density at radius 2 is 1.71 bits per heavy atom. The number of amides is 2. The Hall–Kier alpha value is -2.27. The molecule has 1 aliphatic rings. The molecule has 24 heavy (non-hydrogen) atoms. The summed E-state index contributed by atoms with van der Waals surface area (Å²) in [7, 11) is 0. The first-order valence-corrected chi connectivity index (χ1v) is 8.28. The Bertz CT molecular complexity index is 700. The van der Waals surface area contributed by atoms with Gasteiger partial charge in [0.05, 0.1) is 0 Å². The van der Waals surface area contributed by atoms with E-state index in [0.29, 0.717) is 24.7 Å². The van der Waals surface area contributed by atoms with E-state index in [2.05, 4.69) is 10.2 Å². The van der Waals surface area contributed by atoms with Gasteiger partial charge in [-0.2, -0.15) is 0 Å². The second kappa shape index (κ2) is 7.53. The van der Waals surface area contributed by atoms with Gasteiger partial charge < -0.3 is 15.1 Å². The van der Waals surface area contributed by atoms with Crippen LogP contribution in [0.5, 0.6) is 0 Å². The molecule has 1 saturated heterocycles. The van der Waals surface area contributed by atoms with Gasteiger partial charge >= 0.3 is 6.03 Å². The molecule has 0 saturated carbocycles. The molecule has 0 atom stereocenters. The van der Waals surface area contributed by atoms with Gasteiger partial charge in [-0.25, -0.2) is 9.18 Å². The normalized spacial score (nSPS) is 14.6. The third-order valence-electron chi connectivity index (χ3n) is 4.15. The molecule has 2 aromatic rings. The van der Waals surface area contributed by atoms with Gasteiger partial charge in [-0.1, -0.05) is 29.8 Å². The van der Waals surface area contributed by atoms with E-state index in [1.165, 1.54) is 12.1 Å². The Kier molecular flexibility index (Phi) is 5.20. The minimum atomic E-state index is -0.240. The molecule has 1 aliphatic heterocycles. The van der Waals surface area contributed by atoms with Crippen molar-refractivity contribution in [2.45, 2.75) is 6.54 Å². The van der Waals surface area contributed by atoms with Crippen molar-refractivity contribution in [3.63, 3.8) is 0 Å². The first-order chi connectivity index (χ1) is 11.6. The van der Waals surface area contributed by atoms with Crippen LogP contribution in [-0.2, 0) is 6.54 Å². The highest BCUT2D eigenvalue weighted by Crippen LogP contribution is 2.17. The minimum Gasteiger partial charge on any atom is -0.368 e. The molecular formula is C18H19ClFN3O. The number of nitrogens with one attached hydrogen (secondary N) is 1. The molecule has 4 nitrogen and oxygen atoms in total. The van der Waals surface area contributed by atoms with Crippen molar-refractivity contribution < 1.29 is 9.18 Å². The molecule has 0 spiro atoms. The van der Waals surface area contributed by atoms with Gasteiger partial charge in [-0.05, 0) is 35.9 Å². The van der Waals surface area contributed by atoms with Crippen LogP contribution in [0.4, 0.5) is 14.9 Å². The average molecular weight is 348 g/mol. The van der Waals surface area contributed by atoms with Crippen LogP contribution in [0.2, 0.25) is 5.02 Å². The van der Waals surface area contributed by atoms with Crippen molar-refractivity contribution >= 4 is 23.3 Å². The van der Waals surface area contributed by atoms with E-state index in [-0.39, 0.29) is 11.8 Å². The van der Waals surface area contributed by atoms with Crippen LogP contribution >= 0.6 is 11.6 Å². The summed E-state index contributed by atoms with van der Waals surface area (Å²) in [4.78, 5) is 16.2. The number of anilines is 1. The van der Waals surface area contributed by atoms with Gasteiger partial charge in [-0.15, -0.1) is 0 Å². The Morgan fingerprint density at radius 1 is 1.04 bits per heavy atom. The molecule has 126 valence electrons. The number of carbonyl (C=O) groups is 1. The van der Waals surface area contributed by atoms with Crippen LogP contribution in [0.25, 0.3) is 0 Å². The van der Waals surface area contributed by atoms with Gasteiger partial charge in [0.2, 0.25) is 0 Å². The number of hydrogen-bond acceptors (Lipinski definition) is 2. The summed E-state index contributed by atoms with van der Waals surface area (Å²) >= 11 is 6.09. The molecule has 2 aromatic carbocycles. The van der Waals surface area contributed by atoms with Gasteiger partial charge in [0.1, 0.15) is 5.82 Å². The fraction of sp³-hybridized carbons (Fsp3) is 0.278. The number of benzene rings is 2. The number of urea groups is 1. The second-order valence-electron chi connectivity index (χ2n) is 5.70. The maximum atomic E-state index is 13.0. The van der Waals surface area contributed by atoms with Crippen LogP contribution in [-0.4, -0.2) is 37.1 Å². The maximum Gasteiger partial charge on any atom is 0.317 e. The molecule has 0 bridgehead atoms. The number of hydrogen-bond donors (Lipinski definition) is 1. The molecule has 0 aliphatic carbocycles. The van der Waals surface area contributed by atoms with Crippen LogP contribution < -0.4 is 10.2 Å². The first kappa shape index (κ1) is 16.6. The number of halogens is 2. The zero-order chi connectivity index (χ0) is 16.9. The van der Waals surface area contributed by atoms with Crippen LogP contribution in [0.15, 0.2) is 48.5 Å². The topological polar surface area (TPSA) is 35.6 Å². The number of carbonyl (C=O) groups excluding carboxylic acids is 1. The lowest BCUT2D eigenvalue weighted by Gasteiger charge is -2.36. The van der Waals surface area contributed by atoms with Crippen molar-refractivity contribution in [2.24, 2.45) is 0 Å². The number of nitrogens with zero attached hydrogens (tertiary/aromatic N) is 2. The Balaban J connectivity index is 1.50. The third kappa shape index (κ3) is 3.97. The van der Waals surface area contributed by atoms with Gasteiger partial charge in [0, 0.05) is 43.4 Å². The lowest BCUT2D eigenvalue weighted by atomic mass is 10.2. The predicted molar refractivity (Wildman–Crippen MR) is 93.9 cm³/mol. The third-order valence-corrected chi connectivity index (χ3v) is 4.52. The lowest BCUT2D eigenvalue weighted by Crippen LogP contribution is -2.51. The summed E-state index contributed by atoms with van der Waals surface area (Å²) in [6.45, 7) is 3.13. The summed E-state index contributed by atoms with van der Waals surface area (Å²) in [5.41, 5.74) is 1.88. The van der Waals surface area contributed by atoms with Crippen molar-refractivity contribution in [1.29, 1.82) is 0 Å². The smallest absolute Gasteiger partial charge is 0.317 e. The Labute approximate surface area is 145 Å². The predicted octanol–water partition coefficient (Wildman–Crippen LogP) is 3.51. The van der Waals surface area contributed by atoms with E-state index in [9.17, 15) is 9.18 Å². The molecule has 0 unspecified atom stereocenters. The first-order valence-electron chi connectivity index (χ1n) is 7.90. The van der Waals surface area contributed by atoms with Crippen molar-refractivity contribution in [1.82, 2.24) is 10.2 Å². The standard InChI is InChI=1S/C18H19ClFN3O/c19-17-4-2-1-3-14(17)13-21-18(24)23-11-9-22(10-12-23)16-7-5-15(20)6-8-16/h1-8H,9-13H2,(H,21,24). The summed E-state index contributed by atoms with van der Waals surface area (Å²) < 4.78 is 13.0. The molecule has 1 N–H and O–H groups in total. The van der Waals surface area contributed by atoms with E-state index in [4.69, 9.17) is 11.6 Å². The highest BCUT2D eigenvalue weighted by Gasteiger charge is 2.21. The average Bonchev–Trinajstić information content (AvgIpc) is 2.62. The minimum absolute atomic E-state index is 0.0892. The molecule has 1 fully saturated rings. The summed E-state index contributed by atoms with van der Waals surface area (Å²) in [6, 6.07) is 13.8. The summed E-state index contributed by atoms with van der Waals surface area (Å²) in [6.07, 6.45) is 0. The van der Waals surface area contributed by atoms with Crippen molar-refractivity contribution in [2.75, 3.05) is 31.1 Å². The zero-order valence-corrected chi connectivity index (χ0v) is 14.0. The maximum absolute atomic E-state index is 13.0. The fourth-order valence-corrected chi connectivity index (χ4v) is 2.95. The van der Waals surface area contributed by atoms with Gasteiger partial charge in [0.15, 0.2) is 0 Å². The molecule has 3 rings (SSSR count). The lowest BCUT2D eigenvalue weighted by molar-refractivity contribution is 0.194. The SMILES string of the molecule is O=C(NCc1ccccc1Cl)N1CCN(c2ccc(F)cc2)CC1. The Morgan fingerprint density at radius 3 is 2.38 bits per heavy atom. The molecule has 0 radical (unpaired) electrons. The van der Waals surface area contributed by atoms with Crippen LogP contribution in [0.3, 0.4) is 0 Å². The molecular weight excluding hydrogens is 329 g/mol. The number of rotatable bonds is 3. The fourth-order valence-electron chi connectivity index (χ4n) is 2.74. The van der Waals surface area contributed by atoms with E-state index < -0.39 is 0 Å². The molecule has 0 aromatic heterocycles. The largest absolute Gasteiger partial charge is 0.368 e. The van der Waals surface area contributed by atoms with E-state index >= 15 is 0 Å². The van der Waals surface area contributed by atoms with E-state index in [1.807, 2.05) is 24.3 Å². The highest BCUT2D eigenvalue weighted by atomic mass is 35.5. The van der Waals surface area contributed by atoms with Crippen molar-refractivity contribution in [3.8, 4) is 0 Å². The van der Waals surface area contributed by atoms with Crippen LogP contribution in [0, 0.1) is 5.82 Å². The monoisotopic (exact) mass is 347 g/mol. The van der Waals surface area contributed by atoms with Crippen LogP contribution in [0.1, 0.15) is 5.56 Å². The molecule has 1 heterocycles. The number of piperazine rings is 1.